The highest BCUT2D eigenvalue weighted by Gasteiger charge is 2.37. The summed E-state index contributed by atoms with van der Waals surface area (Å²) in [7, 11) is 3.24. The van der Waals surface area contributed by atoms with Crippen molar-refractivity contribution in [3.05, 3.63) is 383 Å². The van der Waals surface area contributed by atoms with E-state index in [-0.39, 0.29) is 89.2 Å². The Bertz CT molecular complexity index is 7170. The highest BCUT2D eigenvalue weighted by atomic mass is 19.3. The minimum absolute atomic E-state index is 0.00286. The zero-order chi connectivity index (χ0) is 106. The predicted molar refractivity (Wildman–Crippen MR) is 531 cm³/mol. The van der Waals surface area contributed by atoms with Crippen LogP contribution in [0.15, 0.2) is 313 Å². The number of nitrogens with one attached hydrogen (secondary N) is 5. The number of aryl methyl sites for hydroxylation is 3. The van der Waals surface area contributed by atoms with E-state index in [9.17, 15) is 89.5 Å². The van der Waals surface area contributed by atoms with Crippen LogP contribution >= 0.6 is 0 Å². The van der Waals surface area contributed by atoms with E-state index in [0.717, 1.165) is 46.9 Å². The molecule has 5 aromatic heterocycles. The maximum Gasteiger partial charge on any atom is 0.333 e. The Morgan fingerprint density at radius 1 is 0.358 bits per heavy atom. The number of nitrogens with two attached hydrogens (primary N) is 5. The molecule has 5 heterocycles. The fourth-order valence-corrected chi connectivity index (χ4v) is 15.1. The van der Waals surface area contributed by atoms with Gasteiger partial charge in [-0.2, -0.15) is 24.1 Å². The van der Waals surface area contributed by atoms with Crippen LogP contribution in [0, 0.1) is 25.5 Å². The number of rotatable bonds is 38. The molecule has 16 rings (SSSR count). The van der Waals surface area contributed by atoms with Crippen LogP contribution in [0.5, 0.6) is 5.75 Å². The molecule has 1 aliphatic carbocycles. The Hall–Kier alpha value is -19.2. The molecular formula is C108H98F4N18O18. The number of amides is 10. The van der Waals surface area contributed by atoms with E-state index in [4.69, 9.17) is 42.2 Å². The third kappa shape index (κ3) is 29.5. The summed E-state index contributed by atoms with van der Waals surface area (Å²) in [5, 5.41) is 25.5. The van der Waals surface area contributed by atoms with Crippen LogP contribution in [0.4, 0.5) is 17.6 Å². The van der Waals surface area contributed by atoms with Gasteiger partial charge in [-0.3, -0.25) is 81.3 Å². The molecule has 148 heavy (non-hydrogen) atoms. The number of carbonyl (C=O) groups is 15. The molecule has 0 aliphatic heterocycles. The van der Waals surface area contributed by atoms with Gasteiger partial charge in [0.05, 0.1) is 29.8 Å². The number of Topliss-reactive ketones (excluding diaryl/α,β-unsaturated/α-hetero) is 5. The second-order valence-corrected chi connectivity index (χ2v) is 33.3. The van der Waals surface area contributed by atoms with E-state index in [0.29, 0.717) is 55.7 Å². The van der Waals surface area contributed by atoms with Gasteiger partial charge in [0.2, 0.25) is 40.4 Å². The summed E-state index contributed by atoms with van der Waals surface area (Å²) >= 11 is 0. The van der Waals surface area contributed by atoms with Gasteiger partial charge in [0, 0.05) is 99.4 Å². The molecule has 0 spiro atoms. The summed E-state index contributed by atoms with van der Waals surface area (Å²) in [5.41, 5.74) is 33.5. The number of aromatic nitrogens is 8. The smallest absolute Gasteiger partial charge is 0.333 e. The van der Waals surface area contributed by atoms with Gasteiger partial charge < -0.3 is 68.8 Å². The van der Waals surface area contributed by atoms with Crippen LogP contribution in [-0.4, -0.2) is 165 Å². The first-order chi connectivity index (χ1) is 71.0. The maximum absolute atomic E-state index is 14.2. The van der Waals surface area contributed by atoms with Gasteiger partial charge in [0.25, 0.3) is 59.1 Å². The van der Waals surface area contributed by atoms with E-state index in [2.05, 4.69) is 51.8 Å². The molecule has 15 aromatic rings. The number of carbonyl (C=O) groups excluding carboxylic acids is 15. The van der Waals surface area contributed by atoms with E-state index in [1.165, 1.54) is 54.9 Å². The normalized spacial score (nSPS) is 12.2. The Kier molecular flexibility index (Phi) is 37.1. The fraction of sp³-hybridized carbons (Fsp3) is 0.167. The van der Waals surface area contributed by atoms with Crippen molar-refractivity contribution in [1.29, 1.82) is 0 Å². The molecule has 15 N–H and O–H groups in total. The number of oxazole rings is 2. The summed E-state index contributed by atoms with van der Waals surface area (Å²) in [6.45, 7) is 0.0913. The molecule has 1 aliphatic rings. The van der Waals surface area contributed by atoms with Crippen LogP contribution in [-0.2, 0) is 87.1 Å². The van der Waals surface area contributed by atoms with Gasteiger partial charge in [0.15, 0.2) is 11.8 Å². The fourth-order valence-electron chi connectivity index (χ4n) is 15.1. The first kappa shape index (κ1) is 108. The number of benzene rings is 10. The molecule has 10 amide bonds. The lowest BCUT2D eigenvalue weighted by molar-refractivity contribution is -0.137. The Labute approximate surface area is 842 Å². The lowest BCUT2D eigenvalue weighted by atomic mass is 10.0. The third-order valence-electron chi connectivity index (χ3n) is 22.4. The molecule has 0 radical (unpaired) electrons. The van der Waals surface area contributed by atoms with Crippen molar-refractivity contribution in [1.82, 2.24) is 65.9 Å². The Morgan fingerprint density at radius 2 is 0.669 bits per heavy atom. The van der Waals surface area contributed by atoms with Crippen LogP contribution in [0.3, 0.4) is 0 Å². The second-order valence-electron chi connectivity index (χ2n) is 33.3. The molecule has 10 aromatic carbocycles. The SMILES string of the molecule is COc1cccc(-c2nn(C)cc2C(=O)NC(Cc2ccccc2)C(=O)C(N)=O)c1.Cc1nc(-c2cccc(F)c2)c(C(=O)NC(Cc2ccccc2)C(=O)C(N)=O)o1.Cc1nc(-c2ccccc2F)c(C(=O)NC(Cc2ccccc2)C(=O)C(N)=O)o1.NC(=O)C(=O)C(Cc1ccccc1)NC(=O)c1cn(C(F)F)nc1-c1ccccc1.NC(=O)C(=O)C(Cc1ccccc1)NC(=O)c1cn(C2CC2)nc1-c1ccccc1. The molecular weight excluding hydrogens is 1910 g/mol. The number of nitrogens with zero attached hydrogens (tertiary/aromatic N) is 8. The number of halogens is 4. The molecule has 5 atom stereocenters. The zero-order valence-corrected chi connectivity index (χ0v) is 79.7. The van der Waals surface area contributed by atoms with Crippen molar-refractivity contribution >= 4 is 88.0 Å². The minimum atomic E-state index is -2.96. The molecule has 0 bridgehead atoms. The number of methoxy groups -OCH3 is 1. The highest BCUT2D eigenvalue weighted by molar-refractivity contribution is 6.40. The summed E-state index contributed by atoms with van der Waals surface area (Å²) < 4.78 is 73.8. The standard InChI is InChI=1S/C23H22N4O3.C22H22N4O4.C21H18F2N4O3.2C21H18FN3O4/c24-22(29)21(28)19(13-15-7-3-1-4-8-15)25-23(30)18-14-27(17-11-12-17)26-20(18)16-9-5-2-6-10-16;1-26-13-17(19(25-26)15-9-6-10-16(12-15)30-2)22(29)24-18(20(27)21(23)28)11-14-7-4-3-5-8-14;22-21(23)27-12-15(17(26-27)14-9-5-2-6-10-14)20(30)25-16(18(28)19(24)29)11-13-7-3-1-4-8-13;1-12-24-17(14-9-5-6-10-15(14)22)19(29-12)21(28)25-16(18(26)20(23)27)11-13-7-3-2-4-8-13;1-12-24-17(14-8-5-9-15(22)11-14)19(29-12)21(28)25-16(18(26)20(23)27)10-13-6-3-2-4-7-13/h1-10,14,17,19H,11-13H2,(H2,24,29)(H,25,30);3-10,12-13,18H,11H2,1-2H3,(H2,23,28)(H,24,29);1-10,12,16,21H,11H2,(H2,24,29)(H,25,30);2-10,16H,11H2,1H3,(H2,23,27)(H,25,28);2-9,11,16H,10H2,1H3,(H2,23,27)(H,25,28). The molecule has 0 saturated heterocycles. The van der Waals surface area contributed by atoms with Crippen molar-refractivity contribution in [2.75, 3.05) is 7.11 Å². The Balaban J connectivity index is 0.000000164. The van der Waals surface area contributed by atoms with E-state index >= 15 is 0 Å². The molecule has 36 nitrogen and oxygen atoms in total. The topological polar surface area (TPSA) is 561 Å². The number of ketones is 5. The summed E-state index contributed by atoms with van der Waals surface area (Å²) in [5.74, 6) is -14.3. The highest BCUT2D eigenvalue weighted by Crippen LogP contribution is 2.37. The lowest BCUT2D eigenvalue weighted by Gasteiger charge is -2.16. The van der Waals surface area contributed by atoms with Crippen LogP contribution in [0.1, 0.15) is 117 Å². The number of hydrogen-bond donors (Lipinski definition) is 10. The number of ether oxygens (including phenoxy) is 1. The van der Waals surface area contributed by atoms with Gasteiger partial charge >= 0.3 is 6.55 Å². The van der Waals surface area contributed by atoms with E-state index in [1.54, 1.807) is 201 Å². The summed E-state index contributed by atoms with van der Waals surface area (Å²) in [6, 6.07) is 75.3. The van der Waals surface area contributed by atoms with Crippen molar-refractivity contribution in [2.24, 2.45) is 35.7 Å². The van der Waals surface area contributed by atoms with E-state index in [1.807, 2.05) is 78.9 Å². The van der Waals surface area contributed by atoms with Crippen molar-refractivity contribution in [3.63, 3.8) is 0 Å². The molecule has 1 saturated carbocycles. The monoisotopic (exact) mass is 2010 g/mol. The average molecular weight is 2010 g/mol. The van der Waals surface area contributed by atoms with Crippen molar-refractivity contribution in [2.45, 2.75) is 102 Å². The average Bonchev–Trinajstić information content (AvgIpc) is 1.63. The van der Waals surface area contributed by atoms with Crippen LogP contribution < -0.4 is 60.0 Å². The quantitative estimate of drug-likeness (QED) is 0.0127. The van der Waals surface area contributed by atoms with Gasteiger partial charge in [-0.25, -0.2) is 23.4 Å². The van der Waals surface area contributed by atoms with Crippen LogP contribution in [0.25, 0.3) is 56.3 Å². The summed E-state index contributed by atoms with van der Waals surface area (Å²) in [4.78, 5) is 192. The third-order valence-corrected chi connectivity index (χ3v) is 22.4. The van der Waals surface area contributed by atoms with Gasteiger partial charge in [-0.15, -0.1) is 0 Å². The first-order valence-electron chi connectivity index (χ1n) is 45.6. The van der Waals surface area contributed by atoms with Crippen molar-refractivity contribution < 1.29 is 103 Å². The maximum atomic E-state index is 14.2. The van der Waals surface area contributed by atoms with Gasteiger partial charge in [-0.1, -0.05) is 249 Å². The number of hydrogen-bond acceptors (Lipinski definition) is 23. The molecule has 40 heteroatoms. The number of primary amides is 5. The largest absolute Gasteiger partial charge is 0.497 e. The van der Waals surface area contributed by atoms with Gasteiger partial charge in [-0.05, 0) is 77.1 Å². The lowest BCUT2D eigenvalue weighted by Crippen LogP contribution is -2.47. The summed E-state index contributed by atoms with van der Waals surface area (Å²) in [6.07, 6.45) is 6.65. The van der Waals surface area contributed by atoms with Crippen molar-refractivity contribution in [3.8, 4) is 62.0 Å². The zero-order valence-electron chi connectivity index (χ0n) is 79.7. The Morgan fingerprint density at radius 3 is 1.03 bits per heavy atom. The minimum Gasteiger partial charge on any atom is -0.497 e. The molecule has 1 fully saturated rings. The predicted octanol–water partition coefficient (Wildman–Crippen LogP) is 10.5. The number of alkyl halides is 2. The first-order valence-corrected chi connectivity index (χ1v) is 45.6. The van der Waals surface area contributed by atoms with Gasteiger partial charge in [0.1, 0.15) is 76.1 Å². The molecule has 5 unspecified atom stereocenters. The van der Waals surface area contributed by atoms with E-state index < -0.39 is 136 Å². The molecule has 756 valence electrons. The second kappa shape index (κ2) is 51.0. The van der Waals surface area contributed by atoms with Crippen LogP contribution in [0.2, 0.25) is 0 Å².